The number of nitrogens with zero attached hydrogens (tertiary/aromatic N) is 1. The number of fused-ring (bicyclic) bond motifs is 2. The van der Waals surface area contributed by atoms with Gasteiger partial charge in [-0.05, 0) is 48.6 Å². The summed E-state index contributed by atoms with van der Waals surface area (Å²) in [6, 6.07) is 10.3. The third-order valence-corrected chi connectivity index (χ3v) is 6.86. The van der Waals surface area contributed by atoms with E-state index in [2.05, 4.69) is 16.0 Å². The summed E-state index contributed by atoms with van der Waals surface area (Å²) in [5.74, 6) is -0.00474. The summed E-state index contributed by atoms with van der Waals surface area (Å²) in [7, 11) is 1.65. The van der Waals surface area contributed by atoms with Crippen molar-refractivity contribution in [2.45, 2.75) is 45.2 Å². The number of likely N-dealkylation sites (N-methyl/N-ethyl adjacent to an activating group) is 1. The predicted octanol–water partition coefficient (Wildman–Crippen LogP) is 1.69. The molecule has 11 heteroatoms. The summed E-state index contributed by atoms with van der Waals surface area (Å²) < 4.78 is 17.0. The van der Waals surface area contributed by atoms with Crippen LogP contribution in [0.5, 0.6) is 17.2 Å². The molecule has 2 aliphatic heterocycles. The van der Waals surface area contributed by atoms with Crippen LogP contribution in [-0.4, -0.2) is 80.6 Å². The molecule has 2 atom stereocenters. The van der Waals surface area contributed by atoms with Gasteiger partial charge in [-0.1, -0.05) is 32.0 Å². The molecule has 0 aromatic heterocycles. The van der Waals surface area contributed by atoms with E-state index in [0.717, 1.165) is 5.56 Å². The van der Waals surface area contributed by atoms with Gasteiger partial charge in [0, 0.05) is 13.6 Å². The summed E-state index contributed by atoms with van der Waals surface area (Å²) >= 11 is 0. The van der Waals surface area contributed by atoms with E-state index in [-0.39, 0.29) is 43.5 Å². The fourth-order valence-corrected chi connectivity index (χ4v) is 4.72. The highest BCUT2D eigenvalue weighted by Crippen LogP contribution is 2.30. The van der Waals surface area contributed by atoms with Gasteiger partial charge in [0.15, 0.2) is 11.5 Å². The summed E-state index contributed by atoms with van der Waals surface area (Å²) in [5.41, 5.74) is 1.17. The van der Waals surface area contributed by atoms with E-state index in [0.29, 0.717) is 43.3 Å². The molecule has 4 rings (SSSR count). The molecule has 0 saturated carbocycles. The second-order valence-electron chi connectivity index (χ2n) is 10.6. The lowest BCUT2D eigenvalue weighted by atomic mass is 10.0. The van der Waals surface area contributed by atoms with Crippen molar-refractivity contribution < 1.29 is 33.4 Å². The maximum atomic E-state index is 13.3. The summed E-state index contributed by atoms with van der Waals surface area (Å²) in [5, 5.41) is 8.31. The van der Waals surface area contributed by atoms with Crippen LogP contribution in [0.15, 0.2) is 42.5 Å². The van der Waals surface area contributed by atoms with Crippen molar-refractivity contribution in [3.8, 4) is 17.2 Å². The quantitative estimate of drug-likeness (QED) is 0.484. The van der Waals surface area contributed by atoms with Gasteiger partial charge < -0.3 is 35.1 Å². The maximum absolute atomic E-state index is 13.3. The van der Waals surface area contributed by atoms with Crippen molar-refractivity contribution in [2.24, 2.45) is 5.92 Å². The van der Waals surface area contributed by atoms with Crippen molar-refractivity contribution in [1.29, 1.82) is 0 Å². The average Bonchev–Trinajstić information content (AvgIpc) is 2.95. The van der Waals surface area contributed by atoms with Crippen LogP contribution in [-0.2, 0) is 20.8 Å². The van der Waals surface area contributed by atoms with E-state index in [1.165, 1.54) is 4.90 Å². The Morgan fingerprint density at radius 1 is 0.976 bits per heavy atom. The Labute approximate surface area is 239 Å². The second-order valence-corrected chi connectivity index (χ2v) is 10.6. The largest absolute Gasteiger partial charge is 0.491 e. The lowest BCUT2D eigenvalue weighted by Gasteiger charge is -2.27. The highest BCUT2D eigenvalue weighted by molar-refractivity contribution is 6.01. The molecule has 0 bridgehead atoms. The van der Waals surface area contributed by atoms with Gasteiger partial charge in [-0.3, -0.25) is 19.2 Å². The molecule has 3 N–H and O–H groups in total. The van der Waals surface area contributed by atoms with Crippen molar-refractivity contribution in [2.75, 3.05) is 40.0 Å². The van der Waals surface area contributed by atoms with E-state index in [9.17, 15) is 19.2 Å². The maximum Gasteiger partial charge on any atom is 0.255 e. The van der Waals surface area contributed by atoms with Crippen molar-refractivity contribution in [3.63, 3.8) is 0 Å². The molecule has 2 aromatic carbocycles. The molecule has 0 saturated heterocycles. The standard InChI is InChI=1S/C30H38N4O7/c1-19(2)16-23-30(38)34(3)12-13-39-24-7-5-4-6-21(24)28(36)33-22(18-27(35)32-23)29(37)31-11-10-20-8-9-25-26(17-20)41-15-14-40-25/h4-9,17,19,22-23H,10-16,18H2,1-3H3,(H,31,37)(H,32,35)(H,33,36)/t22-,23+/m0/s1. The molecular weight excluding hydrogens is 528 g/mol. The van der Waals surface area contributed by atoms with Crippen molar-refractivity contribution in [1.82, 2.24) is 20.9 Å². The van der Waals surface area contributed by atoms with Gasteiger partial charge in [0.2, 0.25) is 17.7 Å². The van der Waals surface area contributed by atoms with Crippen LogP contribution >= 0.6 is 0 Å². The van der Waals surface area contributed by atoms with E-state index in [1.54, 1.807) is 31.3 Å². The number of rotatable bonds is 6. The lowest BCUT2D eigenvalue weighted by Crippen LogP contribution is -2.53. The Morgan fingerprint density at radius 3 is 2.49 bits per heavy atom. The van der Waals surface area contributed by atoms with Gasteiger partial charge in [0.1, 0.15) is 37.7 Å². The van der Waals surface area contributed by atoms with Crippen LogP contribution in [0.4, 0.5) is 0 Å². The summed E-state index contributed by atoms with van der Waals surface area (Å²) in [4.78, 5) is 54.3. The summed E-state index contributed by atoms with van der Waals surface area (Å²) in [6.07, 6.45) is 0.594. The number of ether oxygens (including phenoxy) is 3. The van der Waals surface area contributed by atoms with Gasteiger partial charge in [-0.15, -0.1) is 0 Å². The Balaban J connectivity index is 1.50. The van der Waals surface area contributed by atoms with Gasteiger partial charge >= 0.3 is 0 Å². The van der Waals surface area contributed by atoms with Crippen LogP contribution < -0.4 is 30.2 Å². The van der Waals surface area contributed by atoms with Crippen molar-refractivity contribution in [3.05, 3.63) is 53.6 Å². The lowest BCUT2D eigenvalue weighted by molar-refractivity contribution is -0.136. The highest BCUT2D eigenvalue weighted by atomic mass is 16.6. The molecule has 0 radical (unpaired) electrons. The van der Waals surface area contributed by atoms with E-state index in [1.807, 2.05) is 32.0 Å². The first kappa shape index (κ1) is 29.7. The number of para-hydroxylation sites is 1. The second kappa shape index (κ2) is 13.9. The first-order chi connectivity index (χ1) is 19.7. The monoisotopic (exact) mass is 566 g/mol. The van der Waals surface area contributed by atoms with Gasteiger partial charge in [0.25, 0.3) is 5.91 Å². The topological polar surface area (TPSA) is 135 Å². The first-order valence-corrected chi connectivity index (χ1v) is 13.9. The Morgan fingerprint density at radius 2 is 1.71 bits per heavy atom. The Bertz CT molecular complexity index is 1270. The van der Waals surface area contributed by atoms with E-state index >= 15 is 0 Å². The fraction of sp³-hybridized carbons (Fsp3) is 0.467. The number of amides is 4. The number of hydrogen-bond donors (Lipinski definition) is 3. The molecule has 2 heterocycles. The first-order valence-electron chi connectivity index (χ1n) is 13.9. The van der Waals surface area contributed by atoms with Gasteiger partial charge in [-0.2, -0.15) is 0 Å². The summed E-state index contributed by atoms with van der Waals surface area (Å²) in [6.45, 7) is 5.59. The number of carbonyl (C=O) groups excluding carboxylic acids is 4. The molecule has 11 nitrogen and oxygen atoms in total. The molecule has 2 aromatic rings. The Kier molecular flexibility index (Phi) is 10.0. The van der Waals surface area contributed by atoms with Crippen LogP contribution in [0, 0.1) is 5.92 Å². The average molecular weight is 567 g/mol. The zero-order valence-corrected chi connectivity index (χ0v) is 23.7. The number of carbonyl (C=O) groups is 4. The molecule has 41 heavy (non-hydrogen) atoms. The third kappa shape index (κ3) is 8.12. The predicted molar refractivity (Wildman–Crippen MR) is 151 cm³/mol. The molecule has 0 unspecified atom stereocenters. The van der Waals surface area contributed by atoms with Gasteiger partial charge in [-0.25, -0.2) is 0 Å². The minimum Gasteiger partial charge on any atom is -0.491 e. The fourth-order valence-electron chi connectivity index (χ4n) is 4.72. The van der Waals surface area contributed by atoms with Crippen LogP contribution in [0.3, 0.4) is 0 Å². The molecule has 4 amide bonds. The van der Waals surface area contributed by atoms with Crippen LogP contribution in [0.25, 0.3) is 0 Å². The number of hydrogen-bond acceptors (Lipinski definition) is 7. The van der Waals surface area contributed by atoms with Crippen LogP contribution in [0.2, 0.25) is 0 Å². The minimum atomic E-state index is -1.17. The zero-order chi connectivity index (χ0) is 29.4. The smallest absolute Gasteiger partial charge is 0.255 e. The minimum absolute atomic E-state index is 0.138. The third-order valence-electron chi connectivity index (χ3n) is 6.86. The SMILES string of the molecule is CC(C)C[C@H]1NC(=O)C[C@@H](C(=O)NCCc2ccc3c(c2)OCCO3)NC(=O)c2ccccc2OCCN(C)C1=O. The van der Waals surface area contributed by atoms with E-state index < -0.39 is 29.8 Å². The molecule has 220 valence electrons. The molecule has 0 fully saturated rings. The molecule has 0 aliphatic carbocycles. The normalized spacial score (nSPS) is 19.8. The van der Waals surface area contributed by atoms with Crippen molar-refractivity contribution >= 4 is 23.6 Å². The van der Waals surface area contributed by atoms with E-state index in [4.69, 9.17) is 14.2 Å². The zero-order valence-electron chi connectivity index (χ0n) is 23.7. The molecule has 0 spiro atoms. The number of nitrogens with one attached hydrogen (secondary N) is 3. The number of benzene rings is 2. The van der Waals surface area contributed by atoms with Crippen LogP contribution in [0.1, 0.15) is 42.6 Å². The molecular formula is C30H38N4O7. The Hall–Kier alpha value is -4.28. The van der Waals surface area contributed by atoms with Gasteiger partial charge in [0.05, 0.1) is 18.5 Å². The molecule has 2 aliphatic rings. The highest BCUT2D eigenvalue weighted by Gasteiger charge is 2.30.